The summed E-state index contributed by atoms with van der Waals surface area (Å²) in [6, 6.07) is 19.2. The van der Waals surface area contributed by atoms with Gasteiger partial charge in [-0.05, 0) is 60.4 Å². The summed E-state index contributed by atoms with van der Waals surface area (Å²) in [7, 11) is 1.84. The smallest absolute Gasteiger partial charge is 0.254 e. The fourth-order valence-corrected chi connectivity index (χ4v) is 6.85. The van der Waals surface area contributed by atoms with Gasteiger partial charge in [0.2, 0.25) is 5.91 Å². The van der Waals surface area contributed by atoms with E-state index in [1.165, 1.54) is 4.90 Å². The average molecular weight is 639 g/mol. The predicted molar refractivity (Wildman–Crippen MR) is 182 cm³/mol. The Morgan fingerprint density at radius 3 is 2.51 bits per heavy atom. The summed E-state index contributed by atoms with van der Waals surface area (Å²) in [6.45, 7) is 6.27. The van der Waals surface area contributed by atoms with Crippen molar-refractivity contribution < 1.29 is 4.79 Å². The van der Waals surface area contributed by atoms with Crippen LogP contribution in [0.25, 0.3) is 33.6 Å². The molecule has 1 aliphatic heterocycles. The number of rotatable bonds is 5. The molecule has 1 amide bonds. The van der Waals surface area contributed by atoms with Gasteiger partial charge in [0.1, 0.15) is 0 Å². The summed E-state index contributed by atoms with van der Waals surface area (Å²) in [5, 5.41) is 8.49. The summed E-state index contributed by atoms with van der Waals surface area (Å²) in [6.07, 6.45) is 7.03. The fourth-order valence-electron chi connectivity index (χ4n) is 5.84. The van der Waals surface area contributed by atoms with Crippen molar-refractivity contribution in [2.24, 2.45) is 13.0 Å². The second-order valence-electron chi connectivity index (χ2n) is 11.7. The largest absolute Gasteiger partial charge is 0.323 e. The van der Waals surface area contributed by atoms with Crippen LogP contribution >= 0.6 is 23.4 Å². The van der Waals surface area contributed by atoms with Gasteiger partial charge in [0.05, 0.1) is 41.3 Å². The maximum absolute atomic E-state index is 13.9. The highest BCUT2D eigenvalue weighted by Crippen LogP contribution is 2.36. The normalized spacial score (nSPS) is 16.9. The number of aryl methyl sites for hydroxylation is 1. The number of amides is 1. The van der Waals surface area contributed by atoms with E-state index >= 15 is 0 Å². The second-order valence-corrected chi connectivity index (χ2v) is 13.8. The standard InChI is InChI=1S/C35H35ClN6O2S/c1-21(2)45-26-11-8-23(9-12-26)27-13-10-25(36)17-28(27)29-18-33(43)42(20-38-29)32-7-5-6-22(3)35(44)40-31-19-39-41(4)34(31)24-14-15-37-30(32)16-24/h8-22,32H,5-7H2,1-4H3,(H,40,44). The Hall–Kier alpha value is -4.21. The third-order valence-corrected chi connectivity index (χ3v) is 9.37. The van der Waals surface area contributed by atoms with Crippen LogP contribution in [0, 0.1) is 5.92 Å². The monoisotopic (exact) mass is 638 g/mol. The molecule has 8 nitrogen and oxygen atoms in total. The molecule has 1 aliphatic rings. The molecule has 10 heteroatoms. The number of aromatic nitrogens is 5. The Morgan fingerprint density at radius 1 is 0.956 bits per heavy atom. The third kappa shape index (κ3) is 6.60. The zero-order valence-electron chi connectivity index (χ0n) is 25.7. The Kier molecular flexibility index (Phi) is 8.92. The molecular formula is C35H35ClN6O2S. The Balaban J connectivity index is 1.40. The number of halogens is 1. The zero-order chi connectivity index (χ0) is 31.7. The summed E-state index contributed by atoms with van der Waals surface area (Å²) in [4.78, 5) is 37.6. The van der Waals surface area contributed by atoms with Gasteiger partial charge in [-0.25, -0.2) is 4.98 Å². The zero-order valence-corrected chi connectivity index (χ0v) is 27.3. The van der Waals surface area contributed by atoms with Gasteiger partial charge in [-0.15, -0.1) is 11.8 Å². The fraction of sp³-hybridized carbons (Fsp3) is 0.286. The van der Waals surface area contributed by atoms with Gasteiger partial charge < -0.3 is 5.32 Å². The molecular weight excluding hydrogens is 604 g/mol. The number of anilines is 1. The minimum absolute atomic E-state index is 0.0514. The van der Waals surface area contributed by atoms with Crippen molar-refractivity contribution in [1.82, 2.24) is 24.3 Å². The Morgan fingerprint density at radius 2 is 1.76 bits per heavy atom. The lowest BCUT2D eigenvalue weighted by Crippen LogP contribution is -2.27. The molecule has 0 aliphatic carbocycles. The van der Waals surface area contributed by atoms with Gasteiger partial charge in [-0.3, -0.25) is 23.8 Å². The van der Waals surface area contributed by atoms with Crippen LogP contribution in [-0.2, 0) is 11.8 Å². The number of carbonyl (C=O) groups excluding carboxylic acids is 1. The van der Waals surface area contributed by atoms with Crippen molar-refractivity contribution >= 4 is 35.0 Å². The van der Waals surface area contributed by atoms with Gasteiger partial charge in [0, 0.05) is 51.5 Å². The van der Waals surface area contributed by atoms with E-state index in [9.17, 15) is 9.59 Å². The van der Waals surface area contributed by atoms with Gasteiger partial charge >= 0.3 is 0 Å². The van der Waals surface area contributed by atoms with Crippen LogP contribution in [0.4, 0.5) is 5.69 Å². The highest BCUT2D eigenvalue weighted by Gasteiger charge is 2.24. The molecule has 1 N–H and O–H groups in total. The average Bonchev–Trinajstić information content (AvgIpc) is 3.38. The molecule has 3 aromatic heterocycles. The molecule has 2 bridgehead atoms. The summed E-state index contributed by atoms with van der Waals surface area (Å²) >= 11 is 8.27. The molecule has 5 aromatic rings. The van der Waals surface area contributed by atoms with Crippen molar-refractivity contribution in [1.29, 1.82) is 0 Å². The number of thioether (sulfide) groups is 1. The summed E-state index contributed by atoms with van der Waals surface area (Å²) in [5.74, 6) is -0.259. The number of nitrogens with zero attached hydrogens (tertiary/aromatic N) is 5. The van der Waals surface area contributed by atoms with E-state index in [1.54, 1.807) is 34.0 Å². The van der Waals surface area contributed by atoms with E-state index in [2.05, 4.69) is 48.5 Å². The summed E-state index contributed by atoms with van der Waals surface area (Å²) in [5.41, 5.74) is 6.16. The number of pyridine rings is 1. The third-order valence-electron chi connectivity index (χ3n) is 8.12. The first kappa shape index (κ1) is 30.8. The van der Waals surface area contributed by atoms with E-state index in [0.29, 0.717) is 34.5 Å². The topological polar surface area (TPSA) is 94.7 Å². The number of hydrogen-bond acceptors (Lipinski definition) is 6. The number of nitrogens with one attached hydrogen (secondary N) is 1. The van der Waals surface area contributed by atoms with Crippen LogP contribution < -0.4 is 10.9 Å². The summed E-state index contributed by atoms with van der Waals surface area (Å²) < 4.78 is 3.39. The van der Waals surface area contributed by atoms with Crippen molar-refractivity contribution in [2.45, 2.75) is 56.2 Å². The van der Waals surface area contributed by atoms with Crippen LogP contribution in [0.15, 0.2) is 89.1 Å². The lowest BCUT2D eigenvalue weighted by atomic mass is 9.96. The lowest BCUT2D eigenvalue weighted by Gasteiger charge is -2.22. The Labute approximate surface area is 271 Å². The van der Waals surface area contributed by atoms with Crippen LogP contribution in [0.1, 0.15) is 51.8 Å². The molecule has 0 fully saturated rings. The Bertz CT molecular complexity index is 1920. The van der Waals surface area contributed by atoms with E-state index in [1.807, 2.05) is 56.1 Å². The molecule has 6 rings (SSSR count). The minimum Gasteiger partial charge on any atom is -0.323 e. The molecule has 4 heterocycles. The highest BCUT2D eigenvalue weighted by molar-refractivity contribution is 7.99. The number of hydrogen-bond donors (Lipinski definition) is 1. The SMILES string of the molecule is CC(C)Sc1ccc(-c2ccc(Cl)cc2-c2cc(=O)n(C3CCCC(C)C(=O)Nc4cnn(C)c4-c4ccnc3c4)cn2)cc1. The lowest BCUT2D eigenvalue weighted by molar-refractivity contribution is -0.119. The highest BCUT2D eigenvalue weighted by atomic mass is 35.5. The van der Waals surface area contributed by atoms with Crippen LogP contribution in [0.3, 0.4) is 0 Å². The van der Waals surface area contributed by atoms with Gasteiger partial charge in [-0.2, -0.15) is 5.10 Å². The van der Waals surface area contributed by atoms with Crippen LogP contribution in [0.5, 0.6) is 0 Å². The van der Waals surface area contributed by atoms with Crippen molar-refractivity contribution in [3.05, 3.63) is 100 Å². The van der Waals surface area contributed by atoms with Crippen LogP contribution in [0.2, 0.25) is 5.02 Å². The molecule has 0 spiro atoms. The first-order chi connectivity index (χ1) is 21.7. The first-order valence-corrected chi connectivity index (χ1v) is 16.4. The van der Waals surface area contributed by atoms with Gasteiger partial charge in [0.15, 0.2) is 0 Å². The molecule has 0 radical (unpaired) electrons. The van der Waals surface area contributed by atoms with E-state index < -0.39 is 0 Å². The van der Waals surface area contributed by atoms with E-state index in [0.717, 1.165) is 40.1 Å². The maximum atomic E-state index is 13.9. The molecule has 230 valence electrons. The maximum Gasteiger partial charge on any atom is 0.254 e. The second kappa shape index (κ2) is 13.0. The number of carbonyl (C=O) groups is 1. The number of fused-ring (bicyclic) bond motifs is 4. The van der Waals surface area contributed by atoms with E-state index in [-0.39, 0.29) is 23.4 Å². The van der Waals surface area contributed by atoms with E-state index in [4.69, 9.17) is 21.6 Å². The van der Waals surface area contributed by atoms with Gasteiger partial charge in [0.25, 0.3) is 5.56 Å². The van der Waals surface area contributed by atoms with Crippen molar-refractivity contribution in [3.63, 3.8) is 0 Å². The molecule has 2 aromatic carbocycles. The predicted octanol–water partition coefficient (Wildman–Crippen LogP) is 7.87. The number of benzene rings is 2. The molecule has 0 saturated heterocycles. The van der Waals surface area contributed by atoms with Crippen LogP contribution in [-0.4, -0.2) is 35.5 Å². The first-order valence-electron chi connectivity index (χ1n) is 15.1. The van der Waals surface area contributed by atoms with Crippen molar-refractivity contribution in [3.8, 4) is 33.6 Å². The van der Waals surface area contributed by atoms with Crippen molar-refractivity contribution in [2.75, 3.05) is 5.32 Å². The molecule has 0 saturated carbocycles. The molecule has 2 atom stereocenters. The molecule has 2 unspecified atom stereocenters. The van der Waals surface area contributed by atoms with Gasteiger partial charge in [-0.1, -0.05) is 57.0 Å². The minimum atomic E-state index is -0.366. The molecule has 45 heavy (non-hydrogen) atoms. The quantitative estimate of drug-likeness (QED) is 0.197.